The molecule has 1 N–H and O–H groups in total. The lowest BCUT2D eigenvalue weighted by Gasteiger charge is -2.10. The van der Waals surface area contributed by atoms with Crippen molar-refractivity contribution in [1.29, 1.82) is 0 Å². The number of amides is 1. The van der Waals surface area contributed by atoms with Crippen LogP contribution in [0.15, 0.2) is 48.8 Å². The molecule has 23 heavy (non-hydrogen) atoms. The van der Waals surface area contributed by atoms with Crippen molar-refractivity contribution in [3.05, 3.63) is 59.4 Å². The molecule has 0 fully saturated rings. The summed E-state index contributed by atoms with van der Waals surface area (Å²) < 4.78 is 10.7. The summed E-state index contributed by atoms with van der Waals surface area (Å²) in [6.45, 7) is 0.146. The standard InChI is InChI=1S/C17H11ClN2O3/c18-13-4-1-3-10-11(13)7-19-8-12(10)17(21)20-14-5-2-6-15-16(14)23-9-22-15/h1-8H,9H2,(H,20,21). The van der Waals surface area contributed by atoms with E-state index in [9.17, 15) is 4.79 Å². The summed E-state index contributed by atoms with van der Waals surface area (Å²) >= 11 is 6.16. The summed E-state index contributed by atoms with van der Waals surface area (Å²) in [5, 5.41) is 4.88. The zero-order chi connectivity index (χ0) is 15.8. The fourth-order valence-electron chi connectivity index (χ4n) is 2.56. The smallest absolute Gasteiger partial charge is 0.257 e. The van der Waals surface area contributed by atoms with Crippen molar-refractivity contribution in [2.75, 3.05) is 12.1 Å². The quantitative estimate of drug-likeness (QED) is 0.776. The Labute approximate surface area is 136 Å². The van der Waals surface area contributed by atoms with Gasteiger partial charge >= 0.3 is 0 Å². The Morgan fingerprint density at radius 3 is 2.87 bits per heavy atom. The number of hydrogen-bond donors (Lipinski definition) is 1. The highest BCUT2D eigenvalue weighted by atomic mass is 35.5. The number of halogens is 1. The largest absolute Gasteiger partial charge is 0.454 e. The predicted octanol–water partition coefficient (Wildman–Crippen LogP) is 3.87. The van der Waals surface area contributed by atoms with Crippen molar-refractivity contribution in [3.63, 3.8) is 0 Å². The molecule has 1 aliphatic heterocycles. The van der Waals surface area contributed by atoms with Gasteiger partial charge in [-0.25, -0.2) is 0 Å². The Bertz CT molecular complexity index is 927. The molecule has 2 heterocycles. The number of carbonyl (C=O) groups is 1. The number of nitrogens with one attached hydrogen (secondary N) is 1. The van der Waals surface area contributed by atoms with Crippen molar-refractivity contribution in [3.8, 4) is 11.5 Å². The highest BCUT2D eigenvalue weighted by Crippen LogP contribution is 2.39. The maximum absolute atomic E-state index is 12.6. The maximum Gasteiger partial charge on any atom is 0.257 e. The van der Waals surface area contributed by atoms with Gasteiger partial charge in [0.1, 0.15) is 0 Å². The van der Waals surface area contributed by atoms with E-state index in [2.05, 4.69) is 10.3 Å². The molecule has 0 unspecified atom stereocenters. The van der Waals surface area contributed by atoms with Crippen LogP contribution < -0.4 is 14.8 Å². The van der Waals surface area contributed by atoms with Crippen molar-refractivity contribution in [2.24, 2.45) is 0 Å². The first kappa shape index (κ1) is 13.8. The number of carbonyl (C=O) groups excluding carboxylic acids is 1. The monoisotopic (exact) mass is 326 g/mol. The third-order valence-electron chi connectivity index (χ3n) is 3.64. The summed E-state index contributed by atoms with van der Waals surface area (Å²) in [7, 11) is 0. The summed E-state index contributed by atoms with van der Waals surface area (Å²) in [5.74, 6) is 0.864. The SMILES string of the molecule is O=C(Nc1cccc2c1OCO2)c1cncc2c(Cl)cccc12. The fourth-order valence-corrected chi connectivity index (χ4v) is 2.78. The molecule has 3 aromatic rings. The second-order valence-electron chi connectivity index (χ2n) is 5.02. The molecule has 114 valence electrons. The van der Waals surface area contributed by atoms with Crippen molar-refractivity contribution in [1.82, 2.24) is 4.98 Å². The van der Waals surface area contributed by atoms with E-state index in [1.807, 2.05) is 6.07 Å². The number of rotatable bonds is 2. The minimum atomic E-state index is -0.283. The van der Waals surface area contributed by atoms with Crippen LogP contribution in [0.3, 0.4) is 0 Å². The number of hydrogen-bond acceptors (Lipinski definition) is 4. The number of fused-ring (bicyclic) bond motifs is 2. The summed E-state index contributed by atoms with van der Waals surface area (Å²) in [6.07, 6.45) is 3.17. The Hall–Kier alpha value is -2.79. The molecule has 0 spiro atoms. The van der Waals surface area contributed by atoms with Gasteiger partial charge in [-0.1, -0.05) is 29.8 Å². The lowest BCUT2D eigenvalue weighted by molar-refractivity contribution is 0.102. The van der Waals surface area contributed by atoms with Gasteiger partial charge in [-0.15, -0.1) is 0 Å². The Morgan fingerprint density at radius 2 is 1.96 bits per heavy atom. The zero-order valence-corrected chi connectivity index (χ0v) is 12.6. The van der Waals surface area contributed by atoms with Crippen LogP contribution in [0.25, 0.3) is 10.8 Å². The molecule has 0 bridgehead atoms. The van der Waals surface area contributed by atoms with Crippen LogP contribution in [0.1, 0.15) is 10.4 Å². The number of benzene rings is 2. The first-order valence-corrected chi connectivity index (χ1v) is 7.34. The first-order chi connectivity index (χ1) is 11.2. The van der Waals surface area contributed by atoms with E-state index in [0.717, 1.165) is 10.8 Å². The first-order valence-electron chi connectivity index (χ1n) is 6.96. The minimum absolute atomic E-state index is 0.146. The van der Waals surface area contributed by atoms with E-state index < -0.39 is 0 Å². The Morgan fingerprint density at radius 1 is 1.09 bits per heavy atom. The van der Waals surface area contributed by atoms with E-state index in [1.54, 1.807) is 36.5 Å². The molecule has 0 aliphatic carbocycles. The third-order valence-corrected chi connectivity index (χ3v) is 3.97. The molecule has 4 rings (SSSR count). The highest BCUT2D eigenvalue weighted by molar-refractivity contribution is 6.36. The summed E-state index contributed by atoms with van der Waals surface area (Å²) in [4.78, 5) is 16.8. The summed E-state index contributed by atoms with van der Waals surface area (Å²) in [5.41, 5.74) is 1.01. The topological polar surface area (TPSA) is 60.5 Å². The van der Waals surface area contributed by atoms with Crippen molar-refractivity contribution in [2.45, 2.75) is 0 Å². The molecule has 1 aliphatic rings. The average Bonchev–Trinajstić information content (AvgIpc) is 3.04. The van der Waals surface area contributed by atoms with Gasteiger partial charge < -0.3 is 14.8 Å². The lowest BCUT2D eigenvalue weighted by atomic mass is 10.1. The summed E-state index contributed by atoms with van der Waals surface area (Å²) in [6, 6.07) is 10.8. The second kappa shape index (κ2) is 5.44. The normalized spacial score (nSPS) is 12.4. The third kappa shape index (κ3) is 2.35. The molecule has 1 aromatic heterocycles. The van der Waals surface area contributed by atoms with Gasteiger partial charge in [0, 0.05) is 22.8 Å². The van der Waals surface area contributed by atoms with Crippen LogP contribution in [-0.4, -0.2) is 17.7 Å². The molecule has 0 saturated carbocycles. The molecular formula is C17H11ClN2O3. The van der Waals surface area contributed by atoms with Gasteiger partial charge in [0.15, 0.2) is 11.5 Å². The van der Waals surface area contributed by atoms with Crippen LogP contribution in [0.5, 0.6) is 11.5 Å². The van der Waals surface area contributed by atoms with E-state index in [-0.39, 0.29) is 12.7 Å². The molecular weight excluding hydrogens is 316 g/mol. The molecule has 0 radical (unpaired) electrons. The molecule has 2 aromatic carbocycles. The van der Waals surface area contributed by atoms with Crippen molar-refractivity contribution < 1.29 is 14.3 Å². The van der Waals surface area contributed by atoms with Crippen LogP contribution in [0.4, 0.5) is 5.69 Å². The van der Waals surface area contributed by atoms with E-state index >= 15 is 0 Å². The number of ether oxygens (including phenoxy) is 2. The van der Waals surface area contributed by atoms with Crippen LogP contribution in [-0.2, 0) is 0 Å². The van der Waals surface area contributed by atoms with Crippen LogP contribution in [0.2, 0.25) is 5.02 Å². The van der Waals surface area contributed by atoms with Crippen molar-refractivity contribution >= 4 is 34.0 Å². The predicted molar refractivity (Wildman–Crippen MR) is 87.3 cm³/mol. The minimum Gasteiger partial charge on any atom is -0.454 e. The van der Waals surface area contributed by atoms with Gasteiger partial charge in [0.05, 0.1) is 11.3 Å². The number of anilines is 1. The number of pyridine rings is 1. The average molecular weight is 327 g/mol. The van der Waals surface area contributed by atoms with Crippen LogP contribution >= 0.6 is 11.6 Å². The fraction of sp³-hybridized carbons (Fsp3) is 0.0588. The highest BCUT2D eigenvalue weighted by Gasteiger charge is 2.20. The Balaban J connectivity index is 1.74. The molecule has 0 saturated heterocycles. The molecule has 6 heteroatoms. The molecule has 5 nitrogen and oxygen atoms in total. The van der Waals surface area contributed by atoms with Gasteiger partial charge in [0.2, 0.25) is 6.79 Å². The van der Waals surface area contributed by atoms with E-state index in [1.165, 1.54) is 6.20 Å². The van der Waals surface area contributed by atoms with E-state index in [0.29, 0.717) is 27.8 Å². The lowest BCUT2D eigenvalue weighted by Crippen LogP contribution is -2.13. The Kier molecular flexibility index (Phi) is 3.28. The second-order valence-corrected chi connectivity index (χ2v) is 5.42. The van der Waals surface area contributed by atoms with Gasteiger partial charge in [-0.2, -0.15) is 0 Å². The molecule has 0 atom stereocenters. The van der Waals surface area contributed by atoms with Crippen LogP contribution in [0, 0.1) is 0 Å². The van der Waals surface area contributed by atoms with E-state index in [4.69, 9.17) is 21.1 Å². The molecule has 1 amide bonds. The van der Waals surface area contributed by atoms with Gasteiger partial charge in [-0.3, -0.25) is 9.78 Å². The number of nitrogens with zero attached hydrogens (tertiary/aromatic N) is 1. The van der Waals surface area contributed by atoms with Gasteiger partial charge in [0.25, 0.3) is 5.91 Å². The maximum atomic E-state index is 12.6. The number of para-hydroxylation sites is 1. The number of aromatic nitrogens is 1. The van der Waals surface area contributed by atoms with Gasteiger partial charge in [-0.05, 0) is 23.6 Å². The zero-order valence-electron chi connectivity index (χ0n) is 11.9.